The summed E-state index contributed by atoms with van der Waals surface area (Å²) in [5.41, 5.74) is 0. The van der Waals surface area contributed by atoms with Crippen LogP contribution in [0.15, 0.2) is 0 Å². The molecule has 42 valence electrons. The third-order valence-corrected chi connectivity index (χ3v) is 1.26. The topological polar surface area (TPSA) is 83.8 Å². The standard InChI is InChI=1S/H2O5P2/c1-6(2)5-7(3)4/h6H,(H-,1,2,3,4)/p+1/i6D. The van der Waals surface area contributed by atoms with Crippen LogP contribution in [-0.4, -0.2) is 11.1 Å². The van der Waals surface area contributed by atoms with Crippen molar-refractivity contribution in [1.82, 2.24) is 0 Å². The summed E-state index contributed by atoms with van der Waals surface area (Å²) in [5.74, 6) is 0. The highest BCUT2D eigenvalue weighted by atomic mass is 31.2. The number of rotatable bonds is 2. The molecule has 0 aromatic heterocycles. The van der Waals surface area contributed by atoms with Crippen molar-refractivity contribution in [3.8, 4) is 0 Å². The zero-order valence-corrected chi connectivity index (χ0v) is 4.80. The van der Waals surface area contributed by atoms with Gasteiger partial charge in [0.1, 0.15) is 0 Å². The maximum atomic E-state index is 9.68. The van der Waals surface area contributed by atoms with Crippen LogP contribution in [0.2, 0.25) is 0 Å². The van der Waals surface area contributed by atoms with E-state index in [9.17, 15) is 9.13 Å². The molecule has 5 nitrogen and oxygen atoms in total. The van der Waals surface area contributed by atoms with Crippen LogP contribution in [0, 0.1) is 0 Å². The van der Waals surface area contributed by atoms with Crippen LogP contribution < -0.4 is 0 Å². The fourth-order valence-corrected chi connectivity index (χ4v) is 0.538. The van der Waals surface area contributed by atoms with Crippen LogP contribution in [0.1, 0.15) is 0 Å². The maximum Gasteiger partial charge on any atom is 0.703 e. The first-order chi connectivity index (χ1) is 3.42. The molecule has 0 bridgehead atoms. The second-order valence-electron chi connectivity index (χ2n) is 0.557. The molecule has 7 heavy (non-hydrogen) atoms. The third-order valence-electron chi connectivity index (χ3n) is 0.140. The minimum atomic E-state index is -4.51. The van der Waals surface area contributed by atoms with E-state index in [4.69, 9.17) is 11.1 Å². The van der Waals surface area contributed by atoms with Gasteiger partial charge in [-0.2, -0.15) is 0 Å². The predicted octanol–water partition coefficient (Wildman–Crippen LogP) is 0.0347. The van der Waals surface area contributed by atoms with E-state index in [1.165, 1.54) is 0 Å². The lowest BCUT2D eigenvalue weighted by Crippen LogP contribution is -1.58. The fourth-order valence-electron chi connectivity index (χ4n) is 0.0598. The van der Waals surface area contributed by atoms with Crippen LogP contribution in [-0.2, 0) is 13.4 Å². The Balaban J connectivity index is 3.74. The summed E-state index contributed by atoms with van der Waals surface area (Å²) in [6, 6.07) is 0. The van der Waals surface area contributed by atoms with Gasteiger partial charge < -0.3 is 4.89 Å². The molecule has 2 unspecified atom stereocenters. The molecule has 0 heterocycles. The molecule has 2 atom stereocenters. The van der Waals surface area contributed by atoms with Gasteiger partial charge in [-0.05, 0) is 4.31 Å². The molecule has 0 aromatic carbocycles. The van der Waals surface area contributed by atoms with Gasteiger partial charge in [-0.25, -0.2) is 0 Å². The minimum absolute atomic E-state index is 3.14. The molecule has 0 radical (unpaired) electrons. The van der Waals surface area contributed by atoms with E-state index in [2.05, 4.69) is 4.31 Å². The molecule has 0 amide bonds. The summed E-state index contributed by atoms with van der Waals surface area (Å²) in [6.07, 6.45) is 0. The smallest absolute Gasteiger partial charge is 0.324 e. The predicted molar refractivity (Wildman–Crippen MR) is 22.1 cm³/mol. The molecule has 0 aliphatic carbocycles. The summed E-state index contributed by atoms with van der Waals surface area (Å²) in [7, 11) is -7.64. The number of hydrogen-bond acceptors (Lipinski definition) is 3. The Morgan fingerprint density at radius 1 is 2.00 bits per heavy atom. The molecule has 0 aliphatic heterocycles. The molecule has 0 aliphatic rings. The van der Waals surface area contributed by atoms with Crippen LogP contribution in [0.4, 0.5) is 0 Å². The van der Waals surface area contributed by atoms with Crippen molar-refractivity contribution >= 4 is 16.5 Å². The van der Waals surface area contributed by atoms with Crippen molar-refractivity contribution in [1.29, 1.82) is 1.28 Å². The van der Waals surface area contributed by atoms with Gasteiger partial charge in [0.15, 0.2) is 1.28 Å². The fraction of sp³-hybridized carbons (Fsp3) is 0. The van der Waals surface area contributed by atoms with Gasteiger partial charge in [0.25, 0.3) is 0 Å². The Labute approximate surface area is 42.1 Å². The molecule has 2 N–H and O–H groups in total. The lowest BCUT2D eigenvalue weighted by molar-refractivity contribution is 0.371. The molecule has 0 saturated carbocycles. The molecule has 7 heteroatoms. The largest absolute Gasteiger partial charge is 0.703 e. The van der Waals surface area contributed by atoms with E-state index >= 15 is 0 Å². The average Bonchev–Trinajstić information content (AvgIpc) is 1.21. The molecular weight excluding hydrogens is 142 g/mol. The second-order valence-corrected chi connectivity index (χ2v) is 2.16. The first kappa shape index (κ1) is 5.35. The van der Waals surface area contributed by atoms with Crippen molar-refractivity contribution < 1.29 is 23.2 Å². The minimum Gasteiger partial charge on any atom is -0.324 e. The Morgan fingerprint density at radius 2 is 2.43 bits per heavy atom. The van der Waals surface area contributed by atoms with E-state index in [0.29, 0.717) is 0 Å². The van der Waals surface area contributed by atoms with E-state index in [0.717, 1.165) is 0 Å². The van der Waals surface area contributed by atoms with Gasteiger partial charge >= 0.3 is 16.5 Å². The summed E-state index contributed by atoms with van der Waals surface area (Å²) < 4.78 is 28.5. The van der Waals surface area contributed by atoms with Crippen LogP contribution >= 0.6 is 16.5 Å². The summed E-state index contributed by atoms with van der Waals surface area (Å²) in [5, 5.41) is 0. The van der Waals surface area contributed by atoms with E-state index in [-0.39, 0.29) is 0 Å². The SMILES string of the molecule is [2H]P(=O)(O)O[P+](=O)O. The van der Waals surface area contributed by atoms with Crippen molar-refractivity contribution in [3.05, 3.63) is 0 Å². The first-order valence-corrected chi connectivity index (χ1v) is 3.39. The van der Waals surface area contributed by atoms with Crippen molar-refractivity contribution in [3.63, 3.8) is 0 Å². The van der Waals surface area contributed by atoms with Crippen LogP contribution in [0.3, 0.4) is 0 Å². The highest BCUT2D eigenvalue weighted by Crippen LogP contribution is 2.30. The molecule has 0 rings (SSSR count). The van der Waals surface area contributed by atoms with Gasteiger partial charge in [-0.3, -0.25) is 4.57 Å². The van der Waals surface area contributed by atoms with Gasteiger partial charge in [0.2, 0.25) is 0 Å². The van der Waals surface area contributed by atoms with Gasteiger partial charge in [0.05, 0.1) is 0 Å². The third kappa shape index (κ3) is 6.21. The first-order valence-electron chi connectivity index (χ1n) is 1.58. The highest BCUT2D eigenvalue weighted by Gasteiger charge is 2.14. The Kier molecular flexibility index (Phi) is 2.48. The summed E-state index contributed by atoms with van der Waals surface area (Å²) in [4.78, 5) is 15.6. The van der Waals surface area contributed by atoms with Gasteiger partial charge in [-0.15, -0.1) is 4.89 Å². The highest BCUT2D eigenvalue weighted by molar-refractivity contribution is 7.46. The lowest BCUT2D eigenvalue weighted by atomic mass is 15.8. The van der Waals surface area contributed by atoms with Crippen molar-refractivity contribution in [2.24, 2.45) is 0 Å². The molecule has 0 spiro atoms. The summed E-state index contributed by atoms with van der Waals surface area (Å²) in [6.45, 7) is 0. The van der Waals surface area contributed by atoms with Gasteiger partial charge in [0, 0.05) is 4.57 Å². The quantitative estimate of drug-likeness (QED) is 0.537. The monoisotopic (exact) mass is 146 g/mol. The normalized spacial score (nSPS) is 22.6. The average molecular weight is 146 g/mol. The van der Waals surface area contributed by atoms with Crippen molar-refractivity contribution in [2.75, 3.05) is 0 Å². The Morgan fingerprint density at radius 3 is 2.43 bits per heavy atom. The molecule has 0 fully saturated rings. The second kappa shape index (κ2) is 3.24. The van der Waals surface area contributed by atoms with Gasteiger partial charge in [-0.1, -0.05) is 0 Å². The Hall–Kier alpha value is 0.210. The Bertz CT molecular complexity index is 133. The zero-order valence-electron chi connectivity index (χ0n) is 4.01. The van der Waals surface area contributed by atoms with E-state index in [1.54, 1.807) is 0 Å². The van der Waals surface area contributed by atoms with Crippen LogP contribution in [0.5, 0.6) is 0 Å². The van der Waals surface area contributed by atoms with Crippen molar-refractivity contribution in [2.45, 2.75) is 0 Å². The van der Waals surface area contributed by atoms with Crippen LogP contribution in [0.25, 0.3) is 0 Å². The van der Waals surface area contributed by atoms with E-state index < -0.39 is 16.5 Å². The maximum absolute atomic E-state index is 9.68. The molecular formula is H3O5P2+. The zero-order chi connectivity index (χ0) is 6.78. The summed E-state index contributed by atoms with van der Waals surface area (Å²) >= 11 is 0. The lowest BCUT2D eigenvalue weighted by Gasteiger charge is -1.70. The number of hydrogen-bond donors (Lipinski definition) is 2. The van der Waals surface area contributed by atoms with E-state index in [1.807, 2.05) is 0 Å². The molecule has 0 saturated heterocycles. The molecule has 0 aromatic rings.